The molecule has 2 unspecified atom stereocenters. The van der Waals surface area contributed by atoms with E-state index in [1.165, 1.54) is 4.90 Å². The third-order valence-corrected chi connectivity index (χ3v) is 4.11. The lowest BCUT2D eigenvalue weighted by Crippen LogP contribution is -2.49. The first-order valence-corrected chi connectivity index (χ1v) is 9.10. The molecule has 0 aromatic heterocycles. The van der Waals surface area contributed by atoms with E-state index in [1.54, 1.807) is 45.0 Å². The zero-order valence-corrected chi connectivity index (χ0v) is 16.1. The number of benzene rings is 1. The zero-order valence-electron chi connectivity index (χ0n) is 16.1. The van der Waals surface area contributed by atoms with E-state index in [-0.39, 0.29) is 26.4 Å². The monoisotopic (exact) mass is 392 g/mol. The molecular weight excluding hydrogens is 368 g/mol. The lowest BCUT2D eigenvalue weighted by atomic mass is 9.92. The number of nitrogens with one attached hydrogen (secondary N) is 1. The molecule has 2 amide bonds. The number of ether oxygens (including phenoxy) is 3. The molecule has 0 radical (unpaired) electrons. The predicted molar refractivity (Wildman–Crippen MR) is 98.7 cm³/mol. The van der Waals surface area contributed by atoms with E-state index in [1.807, 2.05) is 0 Å². The van der Waals surface area contributed by atoms with Gasteiger partial charge in [-0.15, -0.1) is 0 Å². The normalized spacial score (nSPS) is 16.2. The van der Waals surface area contributed by atoms with Crippen LogP contribution in [0.3, 0.4) is 0 Å². The van der Waals surface area contributed by atoms with Crippen LogP contribution in [0.5, 0.6) is 0 Å². The molecule has 0 bridgehead atoms. The Morgan fingerprint density at radius 3 is 2.32 bits per heavy atom. The third-order valence-electron chi connectivity index (χ3n) is 4.11. The Labute approximate surface area is 162 Å². The summed E-state index contributed by atoms with van der Waals surface area (Å²) in [6, 6.07) is 5.46. The van der Waals surface area contributed by atoms with Gasteiger partial charge >= 0.3 is 18.0 Å². The van der Waals surface area contributed by atoms with Crippen molar-refractivity contribution in [2.45, 2.75) is 32.7 Å². The van der Waals surface area contributed by atoms with Gasteiger partial charge in [0.2, 0.25) is 5.91 Å². The summed E-state index contributed by atoms with van der Waals surface area (Å²) in [6.07, 6.45) is -0.838. The molecule has 1 N–H and O–H groups in total. The topological polar surface area (TPSA) is 111 Å². The Morgan fingerprint density at radius 1 is 1.04 bits per heavy atom. The van der Waals surface area contributed by atoms with Crippen molar-refractivity contribution in [3.05, 3.63) is 29.8 Å². The molecule has 1 aromatic rings. The molecule has 0 aliphatic carbocycles. The van der Waals surface area contributed by atoms with Gasteiger partial charge in [-0.05, 0) is 32.4 Å². The highest BCUT2D eigenvalue weighted by Crippen LogP contribution is 2.39. The summed E-state index contributed by atoms with van der Waals surface area (Å²) in [4.78, 5) is 50.7. The molecule has 0 fully saturated rings. The van der Waals surface area contributed by atoms with E-state index in [0.717, 1.165) is 0 Å². The van der Waals surface area contributed by atoms with Gasteiger partial charge in [-0.3, -0.25) is 9.59 Å². The molecule has 1 aromatic carbocycles. The minimum atomic E-state index is -1.29. The number of fused-ring (bicyclic) bond motifs is 1. The molecule has 0 saturated heterocycles. The average molecular weight is 392 g/mol. The Kier molecular flexibility index (Phi) is 7.36. The van der Waals surface area contributed by atoms with Gasteiger partial charge in [0.25, 0.3) is 0 Å². The highest BCUT2D eigenvalue weighted by atomic mass is 16.6. The van der Waals surface area contributed by atoms with Gasteiger partial charge in [0.05, 0.1) is 25.7 Å². The second kappa shape index (κ2) is 9.72. The zero-order chi connectivity index (χ0) is 20.7. The lowest BCUT2D eigenvalue weighted by Gasteiger charge is -2.23. The molecule has 2 atom stereocenters. The highest BCUT2D eigenvalue weighted by Gasteiger charge is 2.46. The molecule has 9 nitrogen and oxygen atoms in total. The van der Waals surface area contributed by atoms with E-state index in [0.29, 0.717) is 11.3 Å². The van der Waals surface area contributed by atoms with Gasteiger partial charge in [-0.25, -0.2) is 9.59 Å². The van der Waals surface area contributed by atoms with Crippen LogP contribution >= 0.6 is 0 Å². The van der Waals surface area contributed by atoms with Crippen LogP contribution in [0.1, 0.15) is 32.3 Å². The minimum Gasteiger partial charge on any atom is -0.465 e. The Bertz CT molecular complexity index is 750. The maximum Gasteiger partial charge on any atom is 0.407 e. The summed E-state index contributed by atoms with van der Waals surface area (Å²) in [5.74, 6) is -2.89. The van der Waals surface area contributed by atoms with Crippen LogP contribution in [0.2, 0.25) is 0 Å². The quantitative estimate of drug-likeness (QED) is 0.525. The Balaban J connectivity index is 2.39. The maximum absolute atomic E-state index is 13.1. The summed E-state index contributed by atoms with van der Waals surface area (Å²) in [6.45, 7) is 4.98. The van der Waals surface area contributed by atoms with Crippen LogP contribution in [0.4, 0.5) is 10.5 Å². The molecule has 1 aliphatic rings. The Hall–Kier alpha value is -3.10. The van der Waals surface area contributed by atoms with Crippen LogP contribution in [-0.2, 0) is 28.6 Å². The number of hydrogen-bond donors (Lipinski definition) is 1. The number of nitrogens with zero attached hydrogens (tertiary/aromatic N) is 1. The van der Waals surface area contributed by atoms with Crippen molar-refractivity contribution in [1.29, 1.82) is 0 Å². The summed E-state index contributed by atoms with van der Waals surface area (Å²) in [5.41, 5.74) is 0.983. The third kappa shape index (κ3) is 4.59. The van der Waals surface area contributed by atoms with Gasteiger partial charge in [-0.2, -0.15) is 0 Å². The molecule has 0 saturated carbocycles. The highest BCUT2D eigenvalue weighted by molar-refractivity contribution is 6.10. The summed E-state index contributed by atoms with van der Waals surface area (Å²) in [5, 5.41) is 2.42. The van der Waals surface area contributed by atoms with Crippen LogP contribution in [-0.4, -0.2) is 56.3 Å². The fourth-order valence-electron chi connectivity index (χ4n) is 3.05. The van der Waals surface area contributed by atoms with E-state index in [4.69, 9.17) is 14.2 Å². The SMILES string of the molecule is CCOC(=O)CN1C(=O)C(C(NC(=O)OCC)C(=O)OCC)c2ccccc21. The molecule has 28 heavy (non-hydrogen) atoms. The van der Waals surface area contributed by atoms with Crippen molar-refractivity contribution in [2.24, 2.45) is 0 Å². The second-order valence-electron chi connectivity index (χ2n) is 5.86. The summed E-state index contributed by atoms with van der Waals surface area (Å²) >= 11 is 0. The lowest BCUT2D eigenvalue weighted by molar-refractivity contribution is -0.147. The van der Waals surface area contributed by atoms with Crippen LogP contribution in [0.25, 0.3) is 0 Å². The van der Waals surface area contributed by atoms with Crippen molar-refractivity contribution in [3.63, 3.8) is 0 Å². The molecule has 1 aliphatic heterocycles. The van der Waals surface area contributed by atoms with E-state index in [2.05, 4.69) is 5.32 Å². The average Bonchev–Trinajstić information content (AvgIpc) is 2.92. The van der Waals surface area contributed by atoms with Crippen molar-refractivity contribution in [3.8, 4) is 0 Å². The fourth-order valence-corrected chi connectivity index (χ4v) is 3.05. The van der Waals surface area contributed by atoms with E-state index >= 15 is 0 Å². The number of rotatable bonds is 8. The van der Waals surface area contributed by atoms with Gasteiger partial charge in [0.1, 0.15) is 12.6 Å². The van der Waals surface area contributed by atoms with Gasteiger partial charge < -0.3 is 24.4 Å². The molecule has 1 heterocycles. The molecule has 9 heteroatoms. The number of hydrogen-bond acceptors (Lipinski definition) is 7. The van der Waals surface area contributed by atoms with Crippen LogP contribution in [0, 0.1) is 0 Å². The van der Waals surface area contributed by atoms with Gasteiger partial charge in [0, 0.05) is 5.69 Å². The number of esters is 2. The summed E-state index contributed by atoms with van der Waals surface area (Å²) in [7, 11) is 0. The predicted octanol–water partition coefficient (Wildman–Crippen LogP) is 1.36. The molecule has 0 spiro atoms. The number of anilines is 1. The van der Waals surface area contributed by atoms with Gasteiger partial charge in [0.15, 0.2) is 0 Å². The second-order valence-corrected chi connectivity index (χ2v) is 5.86. The molecule has 152 valence electrons. The van der Waals surface area contributed by atoms with Crippen LogP contribution < -0.4 is 10.2 Å². The van der Waals surface area contributed by atoms with Crippen molar-refractivity contribution >= 4 is 29.6 Å². The fraction of sp³-hybridized carbons (Fsp3) is 0.474. The van der Waals surface area contributed by atoms with Crippen molar-refractivity contribution in [1.82, 2.24) is 5.32 Å². The largest absolute Gasteiger partial charge is 0.465 e. The van der Waals surface area contributed by atoms with Crippen LogP contribution in [0.15, 0.2) is 24.3 Å². The minimum absolute atomic E-state index is 0.0783. The van der Waals surface area contributed by atoms with Crippen molar-refractivity contribution < 1.29 is 33.4 Å². The number of carbonyl (C=O) groups excluding carboxylic acids is 4. The number of alkyl carbamates (subject to hydrolysis) is 1. The number of para-hydroxylation sites is 1. The number of carbonyl (C=O) groups is 4. The van der Waals surface area contributed by atoms with E-state index in [9.17, 15) is 19.2 Å². The maximum atomic E-state index is 13.1. The molecular formula is C19H24N2O7. The first-order valence-electron chi connectivity index (χ1n) is 9.10. The number of amides is 2. The van der Waals surface area contributed by atoms with Gasteiger partial charge in [-0.1, -0.05) is 18.2 Å². The first-order chi connectivity index (χ1) is 13.4. The first kappa shape index (κ1) is 21.2. The standard InChI is InChI=1S/C19H24N2O7/c1-4-26-14(22)11-21-13-10-8-7-9-12(13)15(17(21)23)16(18(24)27-5-2)20-19(25)28-6-3/h7-10,15-16H,4-6,11H2,1-3H3,(H,20,25). The smallest absolute Gasteiger partial charge is 0.407 e. The van der Waals surface area contributed by atoms with E-state index < -0.39 is 35.9 Å². The summed E-state index contributed by atoms with van der Waals surface area (Å²) < 4.78 is 14.8. The Morgan fingerprint density at radius 2 is 1.68 bits per heavy atom. The van der Waals surface area contributed by atoms with Crippen molar-refractivity contribution in [2.75, 3.05) is 31.3 Å². The molecule has 2 rings (SSSR count).